The predicted molar refractivity (Wildman–Crippen MR) is 59.2 cm³/mol. The maximum atomic E-state index is 4.17. The van der Waals surface area contributed by atoms with Gasteiger partial charge >= 0.3 is 0 Å². The van der Waals surface area contributed by atoms with E-state index in [0.717, 1.165) is 22.4 Å². The normalized spacial score (nSPS) is 11.4. The molecule has 0 aromatic carbocycles. The minimum atomic E-state index is 0.603. The third-order valence-corrected chi connectivity index (χ3v) is 2.53. The van der Waals surface area contributed by atoms with Crippen molar-refractivity contribution in [2.45, 2.75) is 20.3 Å². The van der Waals surface area contributed by atoms with E-state index >= 15 is 0 Å². The van der Waals surface area contributed by atoms with Crippen molar-refractivity contribution in [2.24, 2.45) is 5.92 Å². The lowest BCUT2D eigenvalue weighted by molar-refractivity contribution is 0.616. The Bertz CT molecular complexity index is 448. The van der Waals surface area contributed by atoms with Gasteiger partial charge in [-0.15, -0.1) is 10.2 Å². The molecule has 0 radical (unpaired) electrons. The van der Waals surface area contributed by atoms with E-state index in [1.807, 2.05) is 22.7 Å². The van der Waals surface area contributed by atoms with Gasteiger partial charge in [-0.25, -0.2) is 0 Å². The second-order valence-corrected chi connectivity index (χ2v) is 4.70. The molecular formula is C10H12BrN3. The zero-order chi connectivity index (χ0) is 10.1. The van der Waals surface area contributed by atoms with Crippen LogP contribution in [0.5, 0.6) is 0 Å². The summed E-state index contributed by atoms with van der Waals surface area (Å²) in [6.45, 7) is 4.36. The summed E-state index contributed by atoms with van der Waals surface area (Å²) in [4.78, 5) is 0. The Balaban J connectivity index is 2.47. The number of pyridine rings is 1. The summed E-state index contributed by atoms with van der Waals surface area (Å²) < 4.78 is 3.07. The molecule has 0 aliphatic heterocycles. The minimum Gasteiger partial charge on any atom is -0.286 e. The second-order valence-electron chi connectivity index (χ2n) is 3.79. The quantitative estimate of drug-likeness (QED) is 0.824. The fourth-order valence-electron chi connectivity index (χ4n) is 1.42. The Morgan fingerprint density at radius 1 is 1.43 bits per heavy atom. The van der Waals surface area contributed by atoms with Crippen LogP contribution in [-0.2, 0) is 6.42 Å². The first-order valence-corrected chi connectivity index (χ1v) is 5.45. The Morgan fingerprint density at radius 3 is 2.93 bits per heavy atom. The first-order chi connectivity index (χ1) is 6.66. The largest absolute Gasteiger partial charge is 0.286 e. The molecule has 2 aromatic rings. The lowest BCUT2D eigenvalue weighted by Gasteiger charge is -2.02. The molecule has 74 valence electrons. The van der Waals surface area contributed by atoms with Gasteiger partial charge < -0.3 is 0 Å². The summed E-state index contributed by atoms with van der Waals surface area (Å²) in [6, 6.07) is 3.97. The zero-order valence-electron chi connectivity index (χ0n) is 8.24. The van der Waals surface area contributed by atoms with Gasteiger partial charge in [-0.3, -0.25) is 4.40 Å². The average Bonchev–Trinajstić information content (AvgIpc) is 2.47. The smallest absolute Gasteiger partial charge is 0.161 e. The number of aromatic nitrogens is 3. The van der Waals surface area contributed by atoms with Crippen molar-refractivity contribution in [1.29, 1.82) is 0 Å². The molecule has 0 bridgehead atoms. The Labute approximate surface area is 91.3 Å². The fraction of sp³-hybridized carbons (Fsp3) is 0.400. The Morgan fingerprint density at radius 2 is 2.21 bits per heavy atom. The van der Waals surface area contributed by atoms with Crippen molar-refractivity contribution >= 4 is 21.6 Å². The molecule has 2 heterocycles. The van der Waals surface area contributed by atoms with E-state index in [2.05, 4.69) is 40.0 Å². The number of hydrogen-bond acceptors (Lipinski definition) is 2. The molecule has 0 aliphatic carbocycles. The van der Waals surface area contributed by atoms with Crippen LogP contribution in [0.15, 0.2) is 22.8 Å². The Hall–Kier alpha value is -0.900. The molecule has 0 saturated carbocycles. The van der Waals surface area contributed by atoms with Gasteiger partial charge in [0.2, 0.25) is 0 Å². The topological polar surface area (TPSA) is 30.2 Å². The van der Waals surface area contributed by atoms with Crippen LogP contribution in [0.3, 0.4) is 0 Å². The van der Waals surface area contributed by atoms with Crippen molar-refractivity contribution in [1.82, 2.24) is 14.6 Å². The number of halogens is 1. The lowest BCUT2D eigenvalue weighted by atomic mass is 10.1. The predicted octanol–water partition coefficient (Wildman–Crippen LogP) is 2.69. The van der Waals surface area contributed by atoms with E-state index < -0.39 is 0 Å². The van der Waals surface area contributed by atoms with E-state index in [-0.39, 0.29) is 0 Å². The highest BCUT2D eigenvalue weighted by atomic mass is 79.9. The van der Waals surface area contributed by atoms with Gasteiger partial charge in [0.25, 0.3) is 0 Å². The van der Waals surface area contributed by atoms with Gasteiger partial charge in [0.05, 0.1) is 0 Å². The third-order valence-electron chi connectivity index (χ3n) is 2.03. The van der Waals surface area contributed by atoms with Crippen LogP contribution in [0.2, 0.25) is 0 Å². The molecule has 0 atom stereocenters. The average molecular weight is 254 g/mol. The van der Waals surface area contributed by atoms with Crippen LogP contribution in [0.25, 0.3) is 5.65 Å². The molecule has 0 saturated heterocycles. The van der Waals surface area contributed by atoms with E-state index in [9.17, 15) is 0 Å². The molecule has 0 amide bonds. The minimum absolute atomic E-state index is 0.603. The highest BCUT2D eigenvalue weighted by Gasteiger charge is 2.06. The van der Waals surface area contributed by atoms with Crippen molar-refractivity contribution in [3.8, 4) is 0 Å². The highest BCUT2D eigenvalue weighted by Crippen LogP contribution is 2.14. The van der Waals surface area contributed by atoms with Crippen LogP contribution >= 0.6 is 15.9 Å². The summed E-state index contributed by atoms with van der Waals surface area (Å²) >= 11 is 3.41. The van der Waals surface area contributed by atoms with Gasteiger partial charge in [-0.05, 0) is 18.1 Å². The molecule has 0 aliphatic rings. The molecular weight excluding hydrogens is 242 g/mol. The number of hydrogen-bond donors (Lipinski definition) is 0. The first kappa shape index (κ1) is 9.65. The van der Waals surface area contributed by atoms with Gasteiger partial charge in [0.15, 0.2) is 5.65 Å². The van der Waals surface area contributed by atoms with Crippen LogP contribution in [0.1, 0.15) is 19.7 Å². The fourth-order valence-corrected chi connectivity index (χ4v) is 1.74. The van der Waals surface area contributed by atoms with Crippen LogP contribution in [0, 0.1) is 5.92 Å². The molecule has 0 spiro atoms. The van der Waals surface area contributed by atoms with Crippen LogP contribution in [0.4, 0.5) is 0 Å². The van der Waals surface area contributed by atoms with Crippen LogP contribution < -0.4 is 0 Å². The molecule has 0 N–H and O–H groups in total. The summed E-state index contributed by atoms with van der Waals surface area (Å²) in [5.74, 6) is 1.63. The van der Waals surface area contributed by atoms with Crippen molar-refractivity contribution in [3.05, 3.63) is 28.6 Å². The molecule has 0 unspecified atom stereocenters. The maximum absolute atomic E-state index is 4.17. The number of fused-ring (bicyclic) bond motifs is 1. The highest BCUT2D eigenvalue weighted by molar-refractivity contribution is 9.10. The number of nitrogens with zero attached hydrogens (tertiary/aromatic N) is 3. The molecule has 2 aromatic heterocycles. The molecule has 2 rings (SSSR count). The molecule has 4 heteroatoms. The van der Waals surface area contributed by atoms with Crippen molar-refractivity contribution in [2.75, 3.05) is 0 Å². The standard InChI is InChI=1S/C10H12BrN3/c1-7(2)5-9-12-13-10-6-8(11)3-4-14(9)10/h3-4,6-7H,5H2,1-2H3. The van der Waals surface area contributed by atoms with E-state index in [1.54, 1.807) is 0 Å². The van der Waals surface area contributed by atoms with E-state index in [1.165, 1.54) is 0 Å². The lowest BCUT2D eigenvalue weighted by Crippen LogP contribution is -2.00. The van der Waals surface area contributed by atoms with Crippen LogP contribution in [-0.4, -0.2) is 14.6 Å². The van der Waals surface area contributed by atoms with Gasteiger partial charge in [-0.2, -0.15) is 0 Å². The van der Waals surface area contributed by atoms with Crippen molar-refractivity contribution < 1.29 is 0 Å². The summed E-state index contributed by atoms with van der Waals surface area (Å²) in [5, 5.41) is 8.28. The Kier molecular flexibility index (Phi) is 2.54. The van der Waals surface area contributed by atoms with Crippen molar-refractivity contribution in [3.63, 3.8) is 0 Å². The van der Waals surface area contributed by atoms with Gasteiger partial charge in [0.1, 0.15) is 5.82 Å². The summed E-state index contributed by atoms with van der Waals surface area (Å²) in [7, 11) is 0. The summed E-state index contributed by atoms with van der Waals surface area (Å²) in [5.41, 5.74) is 0.898. The molecule has 3 nitrogen and oxygen atoms in total. The second kappa shape index (κ2) is 3.69. The molecule has 0 fully saturated rings. The first-order valence-electron chi connectivity index (χ1n) is 4.66. The van der Waals surface area contributed by atoms with E-state index in [4.69, 9.17) is 0 Å². The SMILES string of the molecule is CC(C)Cc1nnc2cc(Br)ccn12. The number of rotatable bonds is 2. The monoisotopic (exact) mass is 253 g/mol. The zero-order valence-corrected chi connectivity index (χ0v) is 9.82. The molecule has 14 heavy (non-hydrogen) atoms. The third kappa shape index (κ3) is 1.80. The van der Waals surface area contributed by atoms with Gasteiger partial charge in [-0.1, -0.05) is 29.8 Å². The van der Waals surface area contributed by atoms with E-state index in [0.29, 0.717) is 5.92 Å². The summed E-state index contributed by atoms with van der Waals surface area (Å²) in [6.07, 6.45) is 2.96. The maximum Gasteiger partial charge on any atom is 0.161 e. The van der Waals surface area contributed by atoms with Gasteiger partial charge in [0, 0.05) is 17.1 Å².